The Bertz CT molecular complexity index is 563. The molecule has 1 unspecified atom stereocenters. The van der Waals surface area contributed by atoms with Gasteiger partial charge < -0.3 is 20.9 Å². The van der Waals surface area contributed by atoms with E-state index >= 15 is 0 Å². The maximum absolute atomic E-state index is 12.2. The average molecular weight is 278 g/mol. The summed E-state index contributed by atoms with van der Waals surface area (Å²) in [6, 6.07) is 3.18. The number of carbonyl (C=O) groups is 2. The van der Waals surface area contributed by atoms with E-state index in [1.54, 1.807) is 19.9 Å². The number of ether oxygens (including phenoxy) is 1. The van der Waals surface area contributed by atoms with Crippen LogP contribution in [0.1, 0.15) is 27.9 Å². The molecule has 0 radical (unpaired) electrons. The summed E-state index contributed by atoms with van der Waals surface area (Å²) in [5.41, 5.74) is 7.02. The predicted molar refractivity (Wildman–Crippen MR) is 73.9 cm³/mol. The number of carboxylic acids is 1. The van der Waals surface area contributed by atoms with E-state index in [0.29, 0.717) is 24.3 Å². The molecule has 0 spiro atoms. The zero-order chi connectivity index (χ0) is 14.9. The number of anilines is 1. The number of rotatable bonds is 3. The van der Waals surface area contributed by atoms with Crippen molar-refractivity contribution in [2.45, 2.75) is 25.8 Å². The first-order valence-electron chi connectivity index (χ1n) is 6.36. The number of amides is 1. The minimum atomic E-state index is -1.04. The van der Waals surface area contributed by atoms with Crippen molar-refractivity contribution in [3.8, 4) is 0 Å². The highest BCUT2D eigenvalue weighted by molar-refractivity contribution is 6.00. The molecule has 4 N–H and O–H groups in total. The minimum absolute atomic E-state index is 0.175. The van der Waals surface area contributed by atoms with Crippen molar-refractivity contribution in [1.29, 1.82) is 0 Å². The van der Waals surface area contributed by atoms with E-state index in [2.05, 4.69) is 5.32 Å². The lowest BCUT2D eigenvalue weighted by Crippen LogP contribution is -2.51. The number of hydrogen-bond acceptors (Lipinski definition) is 4. The third kappa shape index (κ3) is 2.66. The van der Waals surface area contributed by atoms with Crippen LogP contribution in [-0.2, 0) is 9.53 Å². The molecule has 1 aromatic carbocycles. The van der Waals surface area contributed by atoms with Gasteiger partial charge in [0.2, 0.25) is 5.91 Å². The summed E-state index contributed by atoms with van der Waals surface area (Å²) in [7, 11) is 0. The van der Waals surface area contributed by atoms with Gasteiger partial charge in [0.25, 0.3) is 0 Å². The van der Waals surface area contributed by atoms with E-state index in [-0.39, 0.29) is 18.1 Å². The van der Waals surface area contributed by atoms with Gasteiger partial charge in [-0.25, -0.2) is 4.79 Å². The largest absolute Gasteiger partial charge is 0.478 e. The normalized spacial score (nSPS) is 21.8. The van der Waals surface area contributed by atoms with Gasteiger partial charge in [-0.3, -0.25) is 4.79 Å². The number of carbonyl (C=O) groups excluding carboxylic acids is 1. The molecule has 0 aromatic heterocycles. The topological polar surface area (TPSA) is 102 Å². The van der Waals surface area contributed by atoms with Gasteiger partial charge >= 0.3 is 5.97 Å². The molecule has 0 bridgehead atoms. The summed E-state index contributed by atoms with van der Waals surface area (Å²) in [5, 5.41) is 11.8. The van der Waals surface area contributed by atoms with Crippen molar-refractivity contribution in [3.05, 3.63) is 28.8 Å². The Hall–Kier alpha value is -1.92. The highest BCUT2D eigenvalue weighted by atomic mass is 16.5. The molecular weight excluding hydrogens is 260 g/mol. The van der Waals surface area contributed by atoms with Gasteiger partial charge in [0, 0.05) is 12.3 Å². The van der Waals surface area contributed by atoms with E-state index in [1.165, 1.54) is 6.07 Å². The Morgan fingerprint density at radius 1 is 1.40 bits per heavy atom. The molecule has 1 aromatic rings. The van der Waals surface area contributed by atoms with Gasteiger partial charge in [0.15, 0.2) is 0 Å². The molecule has 2 rings (SSSR count). The van der Waals surface area contributed by atoms with Crippen molar-refractivity contribution < 1.29 is 19.4 Å². The van der Waals surface area contributed by atoms with Crippen molar-refractivity contribution in [2.24, 2.45) is 5.73 Å². The van der Waals surface area contributed by atoms with Crippen LogP contribution in [0.3, 0.4) is 0 Å². The summed E-state index contributed by atoms with van der Waals surface area (Å²) in [6.07, 6.45) is 0.454. The van der Waals surface area contributed by atoms with Crippen LogP contribution in [-0.4, -0.2) is 35.7 Å². The summed E-state index contributed by atoms with van der Waals surface area (Å²) in [5.74, 6) is -1.37. The number of nitrogens with one attached hydrogen (secondary N) is 1. The Kier molecular flexibility index (Phi) is 3.78. The smallest absolute Gasteiger partial charge is 0.336 e. The summed E-state index contributed by atoms with van der Waals surface area (Å²) in [6.45, 7) is 4.17. The molecule has 1 aliphatic rings. The third-order valence-corrected chi connectivity index (χ3v) is 3.66. The number of aromatic carboxylic acids is 1. The highest BCUT2D eigenvalue weighted by Crippen LogP contribution is 2.22. The third-order valence-electron chi connectivity index (χ3n) is 3.66. The van der Waals surface area contributed by atoms with Crippen LogP contribution in [0.5, 0.6) is 0 Å². The first kappa shape index (κ1) is 14.5. The molecule has 1 heterocycles. The molecule has 20 heavy (non-hydrogen) atoms. The van der Waals surface area contributed by atoms with Crippen LogP contribution in [0, 0.1) is 13.8 Å². The Morgan fingerprint density at radius 2 is 2.10 bits per heavy atom. The van der Waals surface area contributed by atoms with Gasteiger partial charge in [0.1, 0.15) is 5.54 Å². The molecule has 1 amide bonds. The predicted octanol–water partition coefficient (Wildman–Crippen LogP) is 1.06. The molecule has 1 saturated heterocycles. The SMILES string of the molecule is Cc1cc(NC(=O)C2(N)CCOC2)cc(C(=O)O)c1C. The monoisotopic (exact) mass is 278 g/mol. The molecular formula is C14H18N2O4. The van der Waals surface area contributed by atoms with Crippen LogP contribution >= 0.6 is 0 Å². The number of benzene rings is 1. The maximum atomic E-state index is 12.2. The van der Waals surface area contributed by atoms with Crippen molar-refractivity contribution in [2.75, 3.05) is 18.5 Å². The lowest BCUT2D eigenvalue weighted by Gasteiger charge is -2.21. The van der Waals surface area contributed by atoms with Crippen LogP contribution < -0.4 is 11.1 Å². The fourth-order valence-electron chi connectivity index (χ4n) is 2.17. The molecule has 1 atom stereocenters. The molecule has 0 saturated carbocycles. The first-order chi connectivity index (χ1) is 9.33. The van der Waals surface area contributed by atoms with Crippen LogP contribution in [0.15, 0.2) is 12.1 Å². The average Bonchev–Trinajstić information content (AvgIpc) is 2.81. The van der Waals surface area contributed by atoms with E-state index in [0.717, 1.165) is 5.56 Å². The molecule has 108 valence electrons. The Labute approximate surface area is 116 Å². The second-order valence-electron chi connectivity index (χ2n) is 5.18. The second-order valence-corrected chi connectivity index (χ2v) is 5.18. The molecule has 6 heteroatoms. The quantitative estimate of drug-likeness (QED) is 0.767. The highest BCUT2D eigenvalue weighted by Gasteiger charge is 2.38. The fourth-order valence-corrected chi connectivity index (χ4v) is 2.17. The first-order valence-corrected chi connectivity index (χ1v) is 6.36. The van der Waals surface area contributed by atoms with Gasteiger partial charge in [0.05, 0.1) is 12.2 Å². The number of nitrogens with two attached hydrogens (primary N) is 1. The maximum Gasteiger partial charge on any atom is 0.336 e. The fraction of sp³-hybridized carbons (Fsp3) is 0.429. The minimum Gasteiger partial charge on any atom is -0.478 e. The lowest BCUT2D eigenvalue weighted by molar-refractivity contribution is -0.121. The molecule has 0 aliphatic carbocycles. The van der Waals surface area contributed by atoms with Crippen LogP contribution in [0.2, 0.25) is 0 Å². The van der Waals surface area contributed by atoms with Crippen molar-refractivity contribution in [1.82, 2.24) is 0 Å². The summed E-state index contributed by atoms with van der Waals surface area (Å²) >= 11 is 0. The number of aryl methyl sites for hydroxylation is 1. The zero-order valence-electron chi connectivity index (χ0n) is 11.5. The Balaban J connectivity index is 2.26. The van der Waals surface area contributed by atoms with E-state index in [9.17, 15) is 9.59 Å². The van der Waals surface area contributed by atoms with Gasteiger partial charge in [-0.1, -0.05) is 0 Å². The van der Waals surface area contributed by atoms with E-state index in [4.69, 9.17) is 15.6 Å². The lowest BCUT2D eigenvalue weighted by atomic mass is 9.98. The van der Waals surface area contributed by atoms with Gasteiger partial charge in [-0.05, 0) is 43.5 Å². The van der Waals surface area contributed by atoms with Crippen LogP contribution in [0.4, 0.5) is 5.69 Å². The zero-order valence-corrected chi connectivity index (χ0v) is 11.5. The Morgan fingerprint density at radius 3 is 2.65 bits per heavy atom. The van der Waals surface area contributed by atoms with Gasteiger partial charge in [-0.2, -0.15) is 0 Å². The number of hydrogen-bond donors (Lipinski definition) is 3. The molecule has 6 nitrogen and oxygen atoms in total. The van der Waals surface area contributed by atoms with E-state index in [1.807, 2.05) is 0 Å². The second kappa shape index (κ2) is 5.22. The standard InChI is InChI=1S/C14H18N2O4/c1-8-5-10(6-11(9(8)2)12(17)18)16-13(19)14(15)3-4-20-7-14/h5-6H,3-4,7,15H2,1-2H3,(H,16,19)(H,17,18). The van der Waals surface area contributed by atoms with Crippen molar-refractivity contribution >= 4 is 17.6 Å². The van der Waals surface area contributed by atoms with Crippen LogP contribution in [0.25, 0.3) is 0 Å². The number of carboxylic acid groups (broad SMARTS) is 1. The van der Waals surface area contributed by atoms with E-state index < -0.39 is 11.5 Å². The summed E-state index contributed by atoms with van der Waals surface area (Å²) in [4.78, 5) is 23.3. The van der Waals surface area contributed by atoms with Crippen molar-refractivity contribution in [3.63, 3.8) is 0 Å². The summed E-state index contributed by atoms with van der Waals surface area (Å²) < 4.78 is 5.14. The molecule has 1 fully saturated rings. The van der Waals surface area contributed by atoms with Gasteiger partial charge in [-0.15, -0.1) is 0 Å². The molecule has 1 aliphatic heterocycles.